The SMILES string of the molecule is C=C1CCC/C1=C(/C=C\C)c1cnc(-c2ccc(OC(C)C)c(C#N)c2)s1.CC. The molecule has 1 aromatic heterocycles. The number of hydrogen-bond acceptors (Lipinski definition) is 4. The molecule has 0 aliphatic heterocycles. The summed E-state index contributed by atoms with van der Waals surface area (Å²) in [6.07, 6.45) is 9.50. The molecule has 1 aliphatic carbocycles. The van der Waals surface area contributed by atoms with Crippen LogP contribution in [-0.4, -0.2) is 11.1 Å². The van der Waals surface area contributed by atoms with E-state index >= 15 is 0 Å². The van der Waals surface area contributed by atoms with Gasteiger partial charge >= 0.3 is 0 Å². The molecule has 0 radical (unpaired) electrons. The second kappa shape index (κ2) is 10.8. The molecule has 29 heavy (non-hydrogen) atoms. The molecule has 1 saturated carbocycles. The van der Waals surface area contributed by atoms with Crippen molar-refractivity contribution in [2.75, 3.05) is 0 Å². The molecule has 0 amide bonds. The third kappa shape index (κ3) is 5.46. The summed E-state index contributed by atoms with van der Waals surface area (Å²) >= 11 is 1.65. The first-order chi connectivity index (χ1) is 14.0. The number of rotatable bonds is 5. The first kappa shape index (κ1) is 22.6. The minimum absolute atomic E-state index is 0.0314. The van der Waals surface area contributed by atoms with Crippen LogP contribution in [0, 0.1) is 11.3 Å². The topological polar surface area (TPSA) is 45.9 Å². The van der Waals surface area contributed by atoms with Crippen LogP contribution < -0.4 is 4.74 Å². The van der Waals surface area contributed by atoms with Crippen LogP contribution in [-0.2, 0) is 0 Å². The van der Waals surface area contributed by atoms with Crippen molar-refractivity contribution in [1.82, 2.24) is 4.98 Å². The van der Waals surface area contributed by atoms with Gasteiger partial charge in [-0.3, -0.25) is 0 Å². The fourth-order valence-electron chi connectivity index (χ4n) is 3.27. The zero-order valence-electron chi connectivity index (χ0n) is 18.1. The van der Waals surface area contributed by atoms with Gasteiger partial charge in [0.15, 0.2) is 0 Å². The van der Waals surface area contributed by atoms with E-state index in [-0.39, 0.29) is 6.10 Å². The molecule has 4 heteroatoms. The number of nitrogens with zero attached hydrogens (tertiary/aromatic N) is 2. The largest absolute Gasteiger partial charge is 0.490 e. The van der Waals surface area contributed by atoms with Gasteiger partial charge in [0.25, 0.3) is 0 Å². The fraction of sp³-hybridized carbons (Fsp3) is 0.360. The van der Waals surface area contributed by atoms with Crippen molar-refractivity contribution in [2.24, 2.45) is 0 Å². The van der Waals surface area contributed by atoms with Crippen LogP contribution in [0.1, 0.15) is 64.3 Å². The maximum Gasteiger partial charge on any atom is 0.137 e. The van der Waals surface area contributed by atoms with E-state index in [1.807, 2.05) is 59.0 Å². The summed E-state index contributed by atoms with van der Waals surface area (Å²) in [6.45, 7) is 14.2. The van der Waals surface area contributed by atoms with E-state index in [0.717, 1.165) is 28.3 Å². The average Bonchev–Trinajstić information content (AvgIpc) is 3.37. The van der Waals surface area contributed by atoms with Crippen LogP contribution in [0.2, 0.25) is 0 Å². The van der Waals surface area contributed by atoms with Gasteiger partial charge in [-0.05, 0) is 69.4 Å². The molecule has 152 valence electrons. The molecule has 1 aromatic carbocycles. The predicted molar refractivity (Wildman–Crippen MR) is 124 cm³/mol. The number of benzene rings is 1. The van der Waals surface area contributed by atoms with Crippen LogP contribution in [0.4, 0.5) is 0 Å². The Balaban J connectivity index is 0.00000145. The Hall–Kier alpha value is -2.64. The molecule has 0 N–H and O–H groups in total. The van der Waals surface area contributed by atoms with Gasteiger partial charge in [-0.25, -0.2) is 4.98 Å². The highest BCUT2D eigenvalue weighted by atomic mass is 32.1. The van der Waals surface area contributed by atoms with Crippen LogP contribution >= 0.6 is 11.3 Å². The molecule has 0 saturated heterocycles. The molecule has 3 nitrogen and oxygen atoms in total. The number of thiazole rings is 1. The van der Waals surface area contributed by atoms with Gasteiger partial charge in [0.1, 0.15) is 16.8 Å². The van der Waals surface area contributed by atoms with E-state index in [1.54, 1.807) is 11.3 Å². The Morgan fingerprint density at radius 2 is 2.07 bits per heavy atom. The van der Waals surface area contributed by atoms with Crippen LogP contribution in [0.5, 0.6) is 5.75 Å². The van der Waals surface area contributed by atoms with Crippen molar-refractivity contribution in [3.05, 3.63) is 64.7 Å². The Morgan fingerprint density at radius 3 is 2.66 bits per heavy atom. The standard InChI is InChI=1S/C23H24N2OS.C2H6/c1-5-7-20(19-9-6-8-16(19)4)22-14-25-23(27-22)17-10-11-21(26-15(2)3)18(12-17)13-24;1-2/h5,7,10-12,14-15H,4,6,8-9H2,1-3H3;1-2H3/b7-5-,20-19+;. The van der Waals surface area contributed by atoms with Gasteiger partial charge in [-0.1, -0.05) is 38.2 Å². The summed E-state index contributed by atoms with van der Waals surface area (Å²) < 4.78 is 5.72. The normalized spacial score (nSPS) is 15.3. The van der Waals surface area contributed by atoms with Crippen molar-refractivity contribution in [2.45, 2.75) is 60.0 Å². The van der Waals surface area contributed by atoms with Gasteiger partial charge in [0.05, 0.1) is 16.5 Å². The first-order valence-corrected chi connectivity index (χ1v) is 11.1. The molecule has 1 aliphatic rings. The molecule has 0 bridgehead atoms. The van der Waals surface area contributed by atoms with E-state index in [2.05, 4.69) is 29.8 Å². The molecule has 1 fully saturated rings. The number of aromatic nitrogens is 1. The van der Waals surface area contributed by atoms with E-state index in [0.29, 0.717) is 11.3 Å². The monoisotopic (exact) mass is 406 g/mol. The Kier molecular flexibility index (Phi) is 8.42. The minimum Gasteiger partial charge on any atom is -0.490 e. The highest BCUT2D eigenvalue weighted by Gasteiger charge is 2.18. The Morgan fingerprint density at radius 1 is 1.31 bits per heavy atom. The van der Waals surface area contributed by atoms with Crippen LogP contribution in [0.15, 0.2) is 54.3 Å². The summed E-state index contributed by atoms with van der Waals surface area (Å²) in [6, 6.07) is 7.92. The number of ether oxygens (including phenoxy) is 1. The molecule has 0 atom stereocenters. The summed E-state index contributed by atoms with van der Waals surface area (Å²) in [4.78, 5) is 5.76. The smallest absolute Gasteiger partial charge is 0.137 e. The van der Waals surface area contributed by atoms with Crippen molar-refractivity contribution in [1.29, 1.82) is 5.26 Å². The lowest BCUT2D eigenvalue weighted by atomic mass is 10.0. The van der Waals surface area contributed by atoms with Gasteiger partial charge < -0.3 is 4.74 Å². The third-order valence-corrected chi connectivity index (χ3v) is 5.55. The number of allylic oxidation sites excluding steroid dienone is 5. The third-order valence-electron chi connectivity index (χ3n) is 4.47. The van der Waals surface area contributed by atoms with E-state index in [4.69, 9.17) is 4.74 Å². The maximum absolute atomic E-state index is 9.47. The molecule has 2 aromatic rings. The van der Waals surface area contributed by atoms with Gasteiger partial charge in [0.2, 0.25) is 0 Å². The van der Waals surface area contributed by atoms with Gasteiger partial charge in [0, 0.05) is 11.8 Å². The molecule has 0 unspecified atom stereocenters. The Bertz CT molecular complexity index is 957. The van der Waals surface area contributed by atoms with Gasteiger partial charge in [-0.2, -0.15) is 5.26 Å². The molecular weight excluding hydrogens is 376 g/mol. The second-order valence-electron chi connectivity index (χ2n) is 6.87. The lowest BCUT2D eigenvalue weighted by Crippen LogP contribution is -2.06. The maximum atomic E-state index is 9.47. The highest BCUT2D eigenvalue weighted by Crippen LogP contribution is 2.39. The van der Waals surface area contributed by atoms with Crippen molar-refractivity contribution >= 4 is 16.9 Å². The summed E-state index contributed by atoms with van der Waals surface area (Å²) in [5.41, 5.74) is 5.29. The molecule has 0 spiro atoms. The average molecular weight is 407 g/mol. The highest BCUT2D eigenvalue weighted by molar-refractivity contribution is 7.16. The minimum atomic E-state index is 0.0314. The van der Waals surface area contributed by atoms with Crippen LogP contribution in [0.3, 0.4) is 0 Å². The molecular formula is C25H30N2OS. The first-order valence-electron chi connectivity index (χ1n) is 10.2. The van der Waals surface area contributed by atoms with Crippen LogP contribution in [0.25, 0.3) is 16.1 Å². The fourth-order valence-corrected chi connectivity index (χ4v) is 4.23. The van der Waals surface area contributed by atoms with Crippen molar-refractivity contribution < 1.29 is 4.74 Å². The summed E-state index contributed by atoms with van der Waals surface area (Å²) in [5.74, 6) is 0.618. The lowest BCUT2D eigenvalue weighted by molar-refractivity contribution is 0.242. The van der Waals surface area contributed by atoms with E-state index in [9.17, 15) is 5.26 Å². The Labute approximate surface area is 179 Å². The molecule has 3 rings (SSSR count). The van der Waals surface area contributed by atoms with Crippen molar-refractivity contribution in [3.63, 3.8) is 0 Å². The second-order valence-corrected chi connectivity index (χ2v) is 7.90. The molecule has 1 heterocycles. The zero-order valence-corrected chi connectivity index (χ0v) is 18.9. The summed E-state index contributed by atoms with van der Waals surface area (Å²) in [5, 5.41) is 10.4. The summed E-state index contributed by atoms with van der Waals surface area (Å²) in [7, 11) is 0. The van der Waals surface area contributed by atoms with Gasteiger partial charge in [-0.15, -0.1) is 11.3 Å². The number of nitriles is 1. The quantitative estimate of drug-likeness (QED) is 0.514. The van der Waals surface area contributed by atoms with E-state index in [1.165, 1.54) is 23.1 Å². The lowest BCUT2D eigenvalue weighted by Gasteiger charge is -2.11. The van der Waals surface area contributed by atoms with Crippen molar-refractivity contribution in [3.8, 4) is 22.4 Å². The van der Waals surface area contributed by atoms with E-state index < -0.39 is 0 Å². The zero-order chi connectivity index (χ0) is 21.4. The predicted octanol–water partition coefficient (Wildman–Crippen LogP) is 7.56. The number of hydrogen-bond donors (Lipinski definition) is 0.